The monoisotopic (exact) mass is 285 g/mol. The highest BCUT2D eigenvalue weighted by Crippen LogP contribution is 2.14. The molecule has 9 heteroatoms. The number of carbonyl (C=O) groups excluding carboxylic acids is 1. The summed E-state index contributed by atoms with van der Waals surface area (Å²) in [7, 11) is 0. The van der Waals surface area contributed by atoms with E-state index in [1.165, 1.54) is 0 Å². The molecule has 0 saturated carbocycles. The first kappa shape index (κ1) is 17.5. The van der Waals surface area contributed by atoms with Crippen LogP contribution in [-0.4, -0.2) is 42.4 Å². The number of ether oxygens (including phenoxy) is 1. The normalized spacial score (nSPS) is 14.2. The molecule has 1 amide bonds. The number of rotatable bonds is 8. The van der Waals surface area contributed by atoms with E-state index in [2.05, 4.69) is 15.2 Å². The average molecular weight is 285 g/mol. The zero-order valence-electron chi connectivity index (χ0n) is 10.5. The number of carbonyl (C=O) groups is 1. The van der Waals surface area contributed by atoms with Crippen molar-refractivity contribution >= 4 is 11.7 Å². The molecule has 0 aromatic heterocycles. The molecule has 6 nitrogen and oxygen atoms in total. The first-order chi connectivity index (χ1) is 8.78. The molecule has 1 unspecified atom stereocenters. The SMILES string of the molecule is CCC(CC(N)=NO)NC(=O)CCOCC(F)(F)F. The molecule has 0 bridgehead atoms. The third kappa shape index (κ3) is 10.1. The van der Waals surface area contributed by atoms with Crippen LogP contribution >= 0.6 is 0 Å². The molecule has 0 aliphatic carbocycles. The van der Waals surface area contributed by atoms with Crippen molar-refractivity contribution in [2.45, 2.75) is 38.4 Å². The largest absolute Gasteiger partial charge is 0.411 e. The van der Waals surface area contributed by atoms with E-state index >= 15 is 0 Å². The van der Waals surface area contributed by atoms with Crippen LogP contribution in [0.4, 0.5) is 13.2 Å². The quantitative estimate of drug-likeness (QED) is 0.204. The average Bonchev–Trinajstić information content (AvgIpc) is 2.32. The number of hydrogen-bond donors (Lipinski definition) is 3. The summed E-state index contributed by atoms with van der Waals surface area (Å²) in [6.07, 6.45) is -3.86. The van der Waals surface area contributed by atoms with Crippen LogP contribution in [0.1, 0.15) is 26.2 Å². The number of nitrogens with one attached hydrogen (secondary N) is 1. The highest BCUT2D eigenvalue weighted by Gasteiger charge is 2.27. The minimum absolute atomic E-state index is 0.0273. The van der Waals surface area contributed by atoms with Gasteiger partial charge in [0.05, 0.1) is 6.61 Å². The number of oxime groups is 1. The van der Waals surface area contributed by atoms with Gasteiger partial charge in [0, 0.05) is 18.9 Å². The lowest BCUT2D eigenvalue weighted by molar-refractivity contribution is -0.174. The number of hydrogen-bond acceptors (Lipinski definition) is 4. The molecule has 0 aliphatic heterocycles. The van der Waals surface area contributed by atoms with Gasteiger partial charge < -0.3 is 21.0 Å². The van der Waals surface area contributed by atoms with Gasteiger partial charge in [-0.05, 0) is 6.42 Å². The molecule has 0 heterocycles. The zero-order chi connectivity index (χ0) is 14.9. The highest BCUT2D eigenvalue weighted by atomic mass is 19.4. The topological polar surface area (TPSA) is 96.9 Å². The summed E-state index contributed by atoms with van der Waals surface area (Å²) in [4.78, 5) is 11.4. The van der Waals surface area contributed by atoms with E-state index in [-0.39, 0.29) is 31.3 Å². The molecular weight excluding hydrogens is 267 g/mol. The third-order valence-corrected chi connectivity index (χ3v) is 2.18. The van der Waals surface area contributed by atoms with Crippen molar-refractivity contribution in [3.8, 4) is 0 Å². The van der Waals surface area contributed by atoms with Gasteiger partial charge in [-0.2, -0.15) is 13.2 Å². The maximum atomic E-state index is 11.8. The van der Waals surface area contributed by atoms with Crippen LogP contribution in [0.25, 0.3) is 0 Å². The number of alkyl halides is 3. The van der Waals surface area contributed by atoms with Gasteiger partial charge in [0.25, 0.3) is 0 Å². The van der Waals surface area contributed by atoms with E-state index in [0.717, 1.165) is 0 Å². The summed E-state index contributed by atoms with van der Waals surface area (Å²) < 4.78 is 39.6. The van der Waals surface area contributed by atoms with Gasteiger partial charge in [-0.25, -0.2) is 0 Å². The van der Waals surface area contributed by atoms with Crippen molar-refractivity contribution in [3.05, 3.63) is 0 Å². The fourth-order valence-electron chi connectivity index (χ4n) is 1.24. The summed E-state index contributed by atoms with van der Waals surface area (Å²) in [6, 6.07) is -0.328. The van der Waals surface area contributed by atoms with Gasteiger partial charge in [-0.1, -0.05) is 12.1 Å². The first-order valence-corrected chi connectivity index (χ1v) is 5.68. The second-order valence-electron chi connectivity index (χ2n) is 3.89. The van der Waals surface area contributed by atoms with Crippen molar-refractivity contribution < 1.29 is 27.9 Å². The predicted octanol–water partition coefficient (Wildman–Crippen LogP) is 0.987. The Labute approximate surface area is 108 Å². The standard InChI is InChI=1S/C10H18F3N3O3/c1-2-7(5-8(14)16-18)15-9(17)3-4-19-6-10(11,12)13/h7,18H,2-6H2,1H3,(H2,14,16)(H,15,17). The number of amidine groups is 1. The molecule has 0 aromatic carbocycles. The van der Waals surface area contributed by atoms with Gasteiger partial charge in [-0.15, -0.1) is 0 Å². The van der Waals surface area contributed by atoms with E-state index in [9.17, 15) is 18.0 Å². The van der Waals surface area contributed by atoms with Gasteiger partial charge in [0.1, 0.15) is 12.4 Å². The molecule has 0 aliphatic rings. The molecule has 0 rings (SSSR count). The highest BCUT2D eigenvalue weighted by molar-refractivity contribution is 5.82. The Bertz CT molecular complexity index is 308. The Hall–Kier alpha value is -1.51. The number of halogens is 3. The fourth-order valence-corrected chi connectivity index (χ4v) is 1.24. The molecule has 0 saturated heterocycles. The maximum absolute atomic E-state index is 11.8. The summed E-state index contributed by atoms with van der Waals surface area (Å²) in [5, 5.41) is 13.7. The van der Waals surface area contributed by atoms with Crippen LogP contribution in [0, 0.1) is 0 Å². The lowest BCUT2D eigenvalue weighted by Gasteiger charge is -2.16. The summed E-state index contributed by atoms with van der Waals surface area (Å²) in [5.74, 6) is -0.472. The Morgan fingerprint density at radius 1 is 1.53 bits per heavy atom. The number of nitrogens with zero attached hydrogens (tertiary/aromatic N) is 1. The molecule has 19 heavy (non-hydrogen) atoms. The zero-order valence-corrected chi connectivity index (χ0v) is 10.5. The Balaban J connectivity index is 3.89. The van der Waals surface area contributed by atoms with Crippen LogP contribution in [0.15, 0.2) is 5.16 Å². The Morgan fingerprint density at radius 2 is 2.16 bits per heavy atom. The first-order valence-electron chi connectivity index (χ1n) is 5.68. The summed E-state index contributed by atoms with van der Waals surface area (Å²) >= 11 is 0. The smallest absolute Gasteiger partial charge is 0.409 e. The lowest BCUT2D eigenvalue weighted by atomic mass is 10.1. The maximum Gasteiger partial charge on any atom is 0.411 e. The van der Waals surface area contributed by atoms with Crippen LogP contribution in [-0.2, 0) is 9.53 Å². The van der Waals surface area contributed by atoms with Crippen LogP contribution < -0.4 is 11.1 Å². The molecule has 0 aromatic rings. The second-order valence-corrected chi connectivity index (χ2v) is 3.89. The fraction of sp³-hybridized carbons (Fsp3) is 0.800. The van der Waals surface area contributed by atoms with Crippen LogP contribution in [0.2, 0.25) is 0 Å². The molecular formula is C10H18F3N3O3. The number of amides is 1. The van der Waals surface area contributed by atoms with Gasteiger partial charge >= 0.3 is 6.18 Å². The Morgan fingerprint density at radius 3 is 2.63 bits per heavy atom. The Kier molecular flexibility index (Phi) is 7.89. The second kappa shape index (κ2) is 8.57. The molecule has 0 radical (unpaired) electrons. The minimum atomic E-state index is -4.39. The van der Waals surface area contributed by atoms with Crippen molar-refractivity contribution in [2.75, 3.05) is 13.2 Å². The van der Waals surface area contributed by atoms with E-state index in [0.29, 0.717) is 6.42 Å². The van der Waals surface area contributed by atoms with Crippen molar-refractivity contribution in [1.29, 1.82) is 0 Å². The van der Waals surface area contributed by atoms with E-state index in [1.54, 1.807) is 6.92 Å². The van der Waals surface area contributed by atoms with E-state index in [1.807, 2.05) is 0 Å². The van der Waals surface area contributed by atoms with Gasteiger partial charge in [0.2, 0.25) is 5.91 Å². The number of nitrogens with two attached hydrogens (primary N) is 1. The molecule has 4 N–H and O–H groups in total. The lowest BCUT2D eigenvalue weighted by Crippen LogP contribution is -2.38. The summed E-state index contributed by atoms with van der Waals surface area (Å²) in [5.41, 5.74) is 5.29. The minimum Gasteiger partial charge on any atom is -0.409 e. The van der Waals surface area contributed by atoms with Gasteiger partial charge in [-0.3, -0.25) is 4.79 Å². The van der Waals surface area contributed by atoms with Crippen molar-refractivity contribution in [1.82, 2.24) is 5.32 Å². The van der Waals surface area contributed by atoms with Crippen LogP contribution in [0.3, 0.4) is 0 Å². The molecule has 0 spiro atoms. The van der Waals surface area contributed by atoms with Crippen molar-refractivity contribution in [3.63, 3.8) is 0 Å². The van der Waals surface area contributed by atoms with Crippen molar-refractivity contribution in [2.24, 2.45) is 10.9 Å². The molecule has 112 valence electrons. The van der Waals surface area contributed by atoms with Crippen LogP contribution in [0.5, 0.6) is 0 Å². The summed E-state index contributed by atoms with van der Waals surface area (Å²) in [6.45, 7) is 0.0999. The van der Waals surface area contributed by atoms with E-state index in [4.69, 9.17) is 10.9 Å². The molecule has 1 atom stereocenters. The van der Waals surface area contributed by atoms with E-state index < -0.39 is 18.7 Å². The molecule has 0 fully saturated rings. The third-order valence-electron chi connectivity index (χ3n) is 2.18. The van der Waals surface area contributed by atoms with Gasteiger partial charge in [0.15, 0.2) is 0 Å². The predicted molar refractivity (Wildman–Crippen MR) is 61.7 cm³/mol.